The molecule has 9 heteroatoms. The summed E-state index contributed by atoms with van der Waals surface area (Å²) in [6.45, 7) is -2.93. The Morgan fingerprint density at radius 1 is 1.19 bits per heavy atom. The molecule has 138 valence electrons. The lowest BCUT2D eigenvalue weighted by Crippen LogP contribution is -2.26. The van der Waals surface area contributed by atoms with Gasteiger partial charge in [0.05, 0.1) is 6.21 Å². The molecule has 0 fully saturated rings. The molecule has 0 aliphatic heterocycles. The molecular weight excluding hydrogens is 389 g/mol. The molecule has 0 saturated carbocycles. The van der Waals surface area contributed by atoms with Crippen molar-refractivity contribution < 1.29 is 23.1 Å². The summed E-state index contributed by atoms with van der Waals surface area (Å²) in [4.78, 5) is 16.6. The Hall–Kier alpha value is -2.38. The highest BCUT2D eigenvalue weighted by Crippen LogP contribution is 2.20. The van der Waals surface area contributed by atoms with Crippen molar-refractivity contribution in [3.05, 3.63) is 63.6 Å². The van der Waals surface area contributed by atoms with Crippen LogP contribution in [-0.4, -0.2) is 25.3 Å². The van der Waals surface area contributed by atoms with E-state index in [1.54, 1.807) is 18.2 Å². The molecule has 1 amide bonds. The number of amides is 1. The van der Waals surface area contributed by atoms with Crippen LogP contribution in [0.1, 0.15) is 11.1 Å². The molecule has 0 atom stereocenters. The molecule has 2 rings (SSSR count). The lowest BCUT2D eigenvalue weighted by Gasteiger charge is -2.06. The van der Waals surface area contributed by atoms with E-state index >= 15 is 0 Å². The number of rotatable bonds is 8. The summed E-state index contributed by atoms with van der Waals surface area (Å²) in [6.07, 6.45) is 1.34. The van der Waals surface area contributed by atoms with Gasteiger partial charge in [-0.15, -0.1) is 0 Å². The first-order valence-corrected chi connectivity index (χ1v) is 8.10. The number of ether oxygens (including phenoxy) is 1. The number of nitrogens with zero attached hydrogens (tertiary/aromatic N) is 1. The molecule has 0 spiro atoms. The van der Waals surface area contributed by atoms with Gasteiger partial charge in [0, 0.05) is 16.6 Å². The van der Waals surface area contributed by atoms with Crippen molar-refractivity contribution in [2.24, 2.45) is 5.16 Å². The first-order valence-electron chi connectivity index (χ1n) is 7.35. The lowest BCUT2D eigenvalue weighted by atomic mass is 10.2. The summed E-state index contributed by atoms with van der Waals surface area (Å²) in [5.74, 6) is -0.341. The van der Waals surface area contributed by atoms with E-state index in [2.05, 4.69) is 15.2 Å². The molecule has 0 bridgehead atoms. The van der Waals surface area contributed by atoms with Gasteiger partial charge < -0.3 is 14.9 Å². The van der Waals surface area contributed by atoms with Crippen molar-refractivity contribution in [1.82, 2.24) is 5.32 Å². The van der Waals surface area contributed by atoms with E-state index in [9.17, 15) is 13.6 Å². The number of carbonyl (C=O) groups is 1. The van der Waals surface area contributed by atoms with Crippen LogP contribution >= 0.6 is 23.2 Å². The van der Waals surface area contributed by atoms with Crippen LogP contribution in [0.25, 0.3) is 0 Å². The molecular formula is C17H14Cl2F2N2O3. The average molecular weight is 403 g/mol. The largest absolute Gasteiger partial charge is 0.435 e. The van der Waals surface area contributed by atoms with Crippen molar-refractivity contribution in [2.45, 2.75) is 13.2 Å². The van der Waals surface area contributed by atoms with Crippen LogP contribution < -0.4 is 10.1 Å². The zero-order valence-electron chi connectivity index (χ0n) is 13.3. The average Bonchev–Trinajstić information content (AvgIpc) is 2.59. The van der Waals surface area contributed by atoms with Crippen molar-refractivity contribution in [2.75, 3.05) is 6.61 Å². The minimum absolute atomic E-state index is 0.0401. The van der Waals surface area contributed by atoms with Gasteiger partial charge >= 0.3 is 6.61 Å². The Bertz CT molecular complexity index is 771. The highest BCUT2D eigenvalue weighted by atomic mass is 35.5. The number of halogens is 4. The molecule has 0 heterocycles. The van der Waals surface area contributed by atoms with E-state index in [0.29, 0.717) is 15.6 Å². The van der Waals surface area contributed by atoms with E-state index in [4.69, 9.17) is 28.0 Å². The molecule has 26 heavy (non-hydrogen) atoms. The number of carbonyl (C=O) groups excluding carboxylic acids is 1. The summed E-state index contributed by atoms with van der Waals surface area (Å²) in [5, 5.41) is 7.23. The number of hydrogen-bond donors (Lipinski definition) is 1. The maximum Gasteiger partial charge on any atom is 0.387 e. The van der Waals surface area contributed by atoms with E-state index in [1.165, 1.54) is 30.5 Å². The normalized spacial score (nSPS) is 11.0. The van der Waals surface area contributed by atoms with Gasteiger partial charge in [-0.25, -0.2) is 0 Å². The predicted molar refractivity (Wildman–Crippen MR) is 94.9 cm³/mol. The van der Waals surface area contributed by atoms with Crippen LogP contribution in [0.5, 0.6) is 5.75 Å². The first kappa shape index (κ1) is 19.9. The maximum absolute atomic E-state index is 12.0. The topological polar surface area (TPSA) is 59.9 Å². The molecule has 1 N–H and O–H groups in total. The van der Waals surface area contributed by atoms with Crippen LogP contribution in [0.15, 0.2) is 47.6 Å². The van der Waals surface area contributed by atoms with Gasteiger partial charge in [-0.1, -0.05) is 34.4 Å². The fraction of sp³-hybridized carbons (Fsp3) is 0.176. The maximum atomic E-state index is 12.0. The summed E-state index contributed by atoms with van der Waals surface area (Å²) >= 11 is 11.8. The van der Waals surface area contributed by atoms with Gasteiger partial charge in [0.2, 0.25) is 0 Å². The summed E-state index contributed by atoms with van der Waals surface area (Å²) in [7, 11) is 0. The molecule has 0 aliphatic carbocycles. The summed E-state index contributed by atoms with van der Waals surface area (Å²) < 4.78 is 28.3. The van der Waals surface area contributed by atoms with Gasteiger partial charge in [0.25, 0.3) is 5.91 Å². The number of benzene rings is 2. The molecule has 0 radical (unpaired) electrons. The van der Waals surface area contributed by atoms with Gasteiger partial charge in [-0.3, -0.25) is 4.79 Å². The Labute approximate surface area is 158 Å². The quantitative estimate of drug-likeness (QED) is 0.529. The number of alkyl halides is 2. The first-order chi connectivity index (χ1) is 12.4. The molecule has 0 saturated heterocycles. The molecule has 0 unspecified atom stereocenters. The third kappa shape index (κ3) is 6.85. The van der Waals surface area contributed by atoms with Crippen LogP contribution in [0.3, 0.4) is 0 Å². The fourth-order valence-corrected chi connectivity index (χ4v) is 2.31. The highest BCUT2D eigenvalue weighted by Gasteiger charge is 2.05. The van der Waals surface area contributed by atoms with E-state index in [-0.39, 0.29) is 24.8 Å². The Morgan fingerprint density at radius 3 is 2.58 bits per heavy atom. The molecule has 2 aromatic rings. The van der Waals surface area contributed by atoms with Crippen LogP contribution in [0.4, 0.5) is 8.78 Å². The Morgan fingerprint density at radius 2 is 1.92 bits per heavy atom. The van der Waals surface area contributed by atoms with Crippen LogP contribution in [-0.2, 0) is 16.2 Å². The fourth-order valence-electron chi connectivity index (χ4n) is 1.84. The molecule has 5 nitrogen and oxygen atoms in total. The van der Waals surface area contributed by atoms with Gasteiger partial charge in [-0.05, 0) is 47.5 Å². The van der Waals surface area contributed by atoms with Gasteiger partial charge in [-0.2, -0.15) is 8.78 Å². The zero-order chi connectivity index (χ0) is 18.9. The Kier molecular flexibility index (Phi) is 7.62. The summed E-state index contributed by atoms with van der Waals surface area (Å²) in [5.41, 5.74) is 1.32. The van der Waals surface area contributed by atoms with Crippen LogP contribution in [0.2, 0.25) is 10.0 Å². The highest BCUT2D eigenvalue weighted by molar-refractivity contribution is 6.35. The second-order valence-corrected chi connectivity index (χ2v) is 5.81. The van der Waals surface area contributed by atoms with Gasteiger partial charge in [0.1, 0.15) is 5.75 Å². The van der Waals surface area contributed by atoms with E-state index in [1.807, 2.05) is 0 Å². The number of oxime groups is 1. The van der Waals surface area contributed by atoms with Crippen molar-refractivity contribution >= 4 is 35.3 Å². The molecule has 2 aromatic carbocycles. The predicted octanol–water partition coefficient (Wildman–Crippen LogP) is 4.26. The Balaban J connectivity index is 1.73. The van der Waals surface area contributed by atoms with Crippen molar-refractivity contribution in [3.8, 4) is 5.75 Å². The van der Waals surface area contributed by atoms with E-state index in [0.717, 1.165) is 5.56 Å². The monoisotopic (exact) mass is 402 g/mol. The third-order valence-electron chi connectivity index (χ3n) is 3.07. The second kappa shape index (κ2) is 9.94. The van der Waals surface area contributed by atoms with Crippen molar-refractivity contribution in [1.29, 1.82) is 0 Å². The standard InChI is InChI=1S/C17H14Cl2F2N2O3/c18-13-4-3-12(15(19)7-13)9-22-16(24)10-25-23-8-11-1-5-14(6-2-11)26-17(20)21/h1-8,17H,9-10H2,(H,22,24)/b23-8-. The minimum atomic E-state index is -2.88. The number of hydrogen-bond acceptors (Lipinski definition) is 4. The second-order valence-electron chi connectivity index (χ2n) is 4.97. The zero-order valence-corrected chi connectivity index (χ0v) is 14.8. The summed E-state index contributed by atoms with van der Waals surface area (Å²) in [6, 6.07) is 10.8. The molecule has 0 aliphatic rings. The van der Waals surface area contributed by atoms with E-state index < -0.39 is 6.61 Å². The van der Waals surface area contributed by atoms with Gasteiger partial charge in [0.15, 0.2) is 6.61 Å². The third-order valence-corrected chi connectivity index (χ3v) is 3.66. The smallest absolute Gasteiger partial charge is 0.387 e. The minimum Gasteiger partial charge on any atom is -0.435 e. The SMILES string of the molecule is O=C(CO/N=C\c1ccc(OC(F)F)cc1)NCc1ccc(Cl)cc1Cl. The van der Waals surface area contributed by atoms with Crippen LogP contribution in [0, 0.1) is 0 Å². The lowest BCUT2D eigenvalue weighted by molar-refractivity contribution is -0.125. The number of nitrogens with one attached hydrogen (secondary N) is 1. The molecule has 0 aromatic heterocycles. The van der Waals surface area contributed by atoms with Crippen molar-refractivity contribution in [3.63, 3.8) is 0 Å².